The second-order valence-corrected chi connectivity index (χ2v) is 6.82. The summed E-state index contributed by atoms with van der Waals surface area (Å²) in [5.41, 5.74) is 2.09. The molecule has 2 aromatic rings. The molecule has 0 N–H and O–H groups in total. The molecular formula is C16H18BrClN2O. The number of piperidine rings is 1. The van der Waals surface area contributed by atoms with Crippen molar-refractivity contribution in [3.63, 3.8) is 0 Å². The van der Waals surface area contributed by atoms with Gasteiger partial charge in [-0.1, -0.05) is 27.5 Å². The Bertz CT molecular complexity index is 641. The molecule has 5 heteroatoms. The number of hydrogen-bond donors (Lipinski definition) is 0. The van der Waals surface area contributed by atoms with Crippen LogP contribution in [0.4, 0.5) is 5.69 Å². The van der Waals surface area contributed by atoms with Gasteiger partial charge >= 0.3 is 0 Å². The van der Waals surface area contributed by atoms with E-state index in [2.05, 4.69) is 37.9 Å². The number of rotatable bonds is 3. The predicted molar refractivity (Wildman–Crippen MR) is 91.3 cm³/mol. The molecule has 0 radical (unpaired) electrons. The van der Waals surface area contributed by atoms with Crippen LogP contribution in [0.1, 0.15) is 12.8 Å². The van der Waals surface area contributed by atoms with Crippen molar-refractivity contribution in [3.8, 4) is 0 Å². The van der Waals surface area contributed by atoms with E-state index in [4.69, 9.17) is 16.3 Å². The summed E-state index contributed by atoms with van der Waals surface area (Å²) in [7, 11) is 1.78. The number of fused-ring (bicyclic) bond motifs is 1. The van der Waals surface area contributed by atoms with Gasteiger partial charge in [-0.05, 0) is 37.0 Å². The molecule has 3 nitrogen and oxygen atoms in total. The molecule has 112 valence electrons. The first-order valence-corrected chi connectivity index (χ1v) is 8.34. The van der Waals surface area contributed by atoms with Crippen molar-refractivity contribution in [2.75, 3.05) is 31.7 Å². The van der Waals surface area contributed by atoms with Crippen LogP contribution in [0, 0.1) is 5.92 Å². The Morgan fingerprint density at radius 2 is 2.14 bits per heavy atom. The third-order valence-corrected chi connectivity index (χ3v) is 4.84. The van der Waals surface area contributed by atoms with Crippen LogP contribution in [0.2, 0.25) is 5.02 Å². The van der Waals surface area contributed by atoms with Crippen molar-refractivity contribution >= 4 is 44.1 Å². The van der Waals surface area contributed by atoms with Gasteiger partial charge in [0.25, 0.3) is 0 Å². The number of nitrogens with zero attached hydrogens (tertiary/aromatic N) is 2. The smallest absolute Gasteiger partial charge is 0.0909 e. The van der Waals surface area contributed by atoms with Crippen molar-refractivity contribution in [2.45, 2.75) is 12.8 Å². The molecule has 0 bridgehead atoms. The van der Waals surface area contributed by atoms with E-state index in [9.17, 15) is 0 Å². The number of pyridine rings is 1. The second kappa shape index (κ2) is 6.51. The molecule has 0 amide bonds. The van der Waals surface area contributed by atoms with E-state index >= 15 is 0 Å². The average molecular weight is 370 g/mol. The van der Waals surface area contributed by atoms with Crippen LogP contribution in [0.15, 0.2) is 28.9 Å². The lowest BCUT2D eigenvalue weighted by atomic mass is 9.97. The lowest BCUT2D eigenvalue weighted by Gasteiger charge is -2.34. The summed E-state index contributed by atoms with van der Waals surface area (Å²) < 4.78 is 6.26. The molecule has 0 saturated carbocycles. The van der Waals surface area contributed by atoms with Gasteiger partial charge < -0.3 is 9.64 Å². The molecule has 0 spiro atoms. The van der Waals surface area contributed by atoms with E-state index in [1.54, 1.807) is 7.11 Å². The molecule has 1 aromatic carbocycles. The third-order valence-electron chi connectivity index (χ3n) is 4.10. The SMILES string of the molecule is COCC1CCN(c2ccnc3c(Cl)cc(Br)cc23)CC1. The molecule has 2 heterocycles. The van der Waals surface area contributed by atoms with E-state index in [1.165, 1.54) is 18.5 Å². The van der Waals surface area contributed by atoms with E-state index < -0.39 is 0 Å². The first-order chi connectivity index (χ1) is 10.2. The first-order valence-electron chi connectivity index (χ1n) is 7.16. The van der Waals surface area contributed by atoms with Gasteiger partial charge in [-0.3, -0.25) is 4.98 Å². The first kappa shape index (κ1) is 15.1. The highest BCUT2D eigenvalue weighted by Gasteiger charge is 2.21. The summed E-state index contributed by atoms with van der Waals surface area (Å²) in [6, 6.07) is 6.08. The molecular weight excluding hydrogens is 352 g/mol. The Morgan fingerprint density at radius 1 is 1.38 bits per heavy atom. The zero-order valence-electron chi connectivity index (χ0n) is 12.0. The van der Waals surface area contributed by atoms with Gasteiger partial charge in [0, 0.05) is 48.5 Å². The van der Waals surface area contributed by atoms with Crippen LogP contribution in [0.5, 0.6) is 0 Å². The maximum Gasteiger partial charge on any atom is 0.0909 e. The van der Waals surface area contributed by atoms with E-state index in [0.717, 1.165) is 35.1 Å². The molecule has 21 heavy (non-hydrogen) atoms. The van der Waals surface area contributed by atoms with Crippen molar-refractivity contribution in [3.05, 3.63) is 33.9 Å². The third kappa shape index (κ3) is 3.17. The van der Waals surface area contributed by atoms with Crippen molar-refractivity contribution < 1.29 is 4.74 Å². The van der Waals surface area contributed by atoms with Crippen molar-refractivity contribution in [1.29, 1.82) is 0 Å². The van der Waals surface area contributed by atoms with E-state index in [-0.39, 0.29) is 0 Å². The zero-order valence-corrected chi connectivity index (χ0v) is 14.3. The normalized spacial score (nSPS) is 16.6. The Hall–Kier alpha value is -0.840. The monoisotopic (exact) mass is 368 g/mol. The minimum atomic E-state index is 0.676. The largest absolute Gasteiger partial charge is 0.384 e. The fourth-order valence-corrected chi connectivity index (χ4v) is 3.87. The highest BCUT2D eigenvalue weighted by Crippen LogP contribution is 2.34. The summed E-state index contributed by atoms with van der Waals surface area (Å²) >= 11 is 9.83. The van der Waals surface area contributed by atoms with Crippen LogP contribution in [0.25, 0.3) is 10.9 Å². The number of methoxy groups -OCH3 is 1. The standard InChI is InChI=1S/C16H18BrClN2O/c1-21-10-11-3-6-20(7-4-11)15-2-5-19-16-13(15)8-12(17)9-14(16)18/h2,5,8-9,11H,3-4,6-7,10H2,1H3. The second-order valence-electron chi connectivity index (χ2n) is 5.50. The van der Waals surface area contributed by atoms with E-state index in [1.807, 2.05) is 12.3 Å². The fraction of sp³-hybridized carbons (Fsp3) is 0.438. The molecule has 1 aliphatic heterocycles. The predicted octanol–water partition coefficient (Wildman–Crippen LogP) is 4.51. The van der Waals surface area contributed by atoms with E-state index in [0.29, 0.717) is 10.9 Å². The average Bonchev–Trinajstić information content (AvgIpc) is 2.48. The maximum absolute atomic E-state index is 6.31. The summed E-state index contributed by atoms with van der Waals surface area (Å²) in [6.45, 7) is 2.97. The summed E-state index contributed by atoms with van der Waals surface area (Å²) in [4.78, 5) is 6.85. The van der Waals surface area contributed by atoms with Crippen LogP contribution >= 0.6 is 27.5 Å². The van der Waals surface area contributed by atoms with Gasteiger partial charge in [0.15, 0.2) is 0 Å². The number of hydrogen-bond acceptors (Lipinski definition) is 3. The highest BCUT2D eigenvalue weighted by atomic mass is 79.9. The minimum absolute atomic E-state index is 0.676. The molecule has 3 rings (SSSR count). The van der Waals surface area contributed by atoms with Gasteiger partial charge in [0.05, 0.1) is 10.5 Å². The van der Waals surface area contributed by atoms with Gasteiger partial charge in [0.1, 0.15) is 0 Å². The lowest BCUT2D eigenvalue weighted by Crippen LogP contribution is -2.35. The van der Waals surface area contributed by atoms with Crippen LogP contribution in [0.3, 0.4) is 0 Å². The van der Waals surface area contributed by atoms with Crippen LogP contribution < -0.4 is 4.90 Å². The molecule has 0 aliphatic carbocycles. The quantitative estimate of drug-likeness (QED) is 0.796. The topological polar surface area (TPSA) is 25.4 Å². The molecule has 1 aliphatic rings. The molecule has 1 fully saturated rings. The summed E-state index contributed by atoms with van der Waals surface area (Å²) in [5.74, 6) is 0.676. The van der Waals surface area contributed by atoms with Gasteiger partial charge in [-0.2, -0.15) is 0 Å². The maximum atomic E-state index is 6.31. The molecule has 0 atom stereocenters. The minimum Gasteiger partial charge on any atom is -0.384 e. The molecule has 0 unspecified atom stereocenters. The number of aromatic nitrogens is 1. The van der Waals surface area contributed by atoms with Gasteiger partial charge in [-0.15, -0.1) is 0 Å². The molecule has 1 aromatic heterocycles. The summed E-state index contributed by atoms with van der Waals surface area (Å²) in [5, 5.41) is 1.80. The number of benzene rings is 1. The van der Waals surface area contributed by atoms with Crippen LogP contribution in [-0.2, 0) is 4.74 Å². The zero-order chi connectivity index (χ0) is 14.8. The Kier molecular flexibility index (Phi) is 4.67. The fourth-order valence-electron chi connectivity index (χ4n) is 3.02. The van der Waals surface area contributed by atoms with Crippen LogP contribution in [-0.4, -0.2) is 31.8 Å². The Balaban J connectivity index is 1.91. The van der Waals surface area contributed by atoms with Gasteiger partial charge in [0.2, 0.25) is 0 Å². The Morgan fingerprint density at radius 3 is 2.86 bits per heavy atom. The number of ether oxygens (including phenoxy) is 1. The summed E-state index contributed by atoms with van der Waals surface area (Å²) in [6.07, 6.45) is 4.18. The number of halogens is 2. The number of anilines is 1. The van der Waals surface area contributed by atoms with Crippen molar-refractivity contribution in [2.24, 2.45) is 5.92 Å². The highest BCUT2D eigenvalue weighted by molar-refractivity contribution is 9.10. The lowest BCUT2D eigenvalue weighted by molar-refractivity contribution is 0.139. The van der Waals surface area contributed by atoms with Gasteiger partial charge in [-0.25, -0.2) is 0 Å². The van der Waals surface area contributed by atoms with Crippen molar-refractivity contribution in [1.82, 2.24) is 4.98 Å². The Labute approximate surface area is 138 Å². The molecule has 1 saturated heterocycles.